The van der Waals surface area contributed by atoms with E-state index in [0.717, 1.165) is 12.1 Å². The second-order valence-electron chi connectivity index (χ2n) is 3.31. The minimum absolute atomic E-state index is 0.00861. The highest BCUT2D eigenvalue weighted by molar-refractivity contribution is 6.11. The number of carbonyl (C=O) groups excluding carboxylic acids is 1. The minimum atomic E-state index is -0.790. The number of hydrogen-bond donors (Lipinski definition) is 0. The van der Waals surface area contributed by atoms with Gasteiger partial charge in [0.2, 0.25) is 0 Å². The zero-order chi connectivity index (χ0) is 12.6. The van der Waals surface area contributed by atoms with Gasteiger partial charge < -0.3 is 0 Å². The molecule has 0 aromatic heterocycles. The van der Waals surface area contributed by atoms with Crippen molar-refractivity contribution in [2.75, 3.05) is 0 Å². The summed E-state index contributed by atoms with van der Waals surface area (Å²) in [6.45, 7) is 0. The maximum atomic E-state index is 11.5. The smallest absolute Gasteiger partial charge is 0.294 e. The lowest BCUT2D eigenvalue weighted by molar-refractivity contribution is -0.393. The van der Waals surface area contributed by atoms with Crippen LogP contribution in [0.5, 0.6) is 0 Å². The molecule has 1 aromatic rings. The third kappa shape index (κ3) is 1.75. The highest BCUT2D eigenvalue weighted by Crippen LogP contribution is 2.37. The van der Waals surface area contributed by atoms with Crippen LogP contribution in [-0.4, -0.2) is 21.8 Å². The van der Waals surface area contributed by atoms with E-state index in [-0.39, 0.29) is 17.7 Å². The van der Waals surface area contributed by atoms with Crippen molar-refractivity contribution in [1.29, 1.82) is 0 Å². The van der Waals surface area contributed by atoms with Gasteiger partial charge in [-0.25, -0.2) is 0 Å². The second-order valence-corrected chi connectivity index (χ2v) is 3.31. The molecule has 1 aliphatic rings. The Hall–Kier alpha value is -2.64. The zero-order valence-electron chi connectivity index (χ0n) is 8.32. The zero-order valence-corrected chi connectivity index (χ0v) is 8.32. The Morgan fingerprint density at radius 1 is 1.18 bits per heavy atom. The van der Waals surface area contributed by atoms with Gasteiger partial charge in [0.25, 0.3) is 5.69 Å². The number of Topliss-reactive ketones (excluding diaryl/α,β-unsaturated/α-hetero) is 1. The van der Waals surface area contributed by atoms with E-state index in [0.29, 0.717) is 0 Å². The van der Waals surface area contributed by atoms with Gasteiger partial charge in [0.15, 0.2) is 11.5 Å². The highest BCUT2D eigenvalue weighted by Gasteiger charge is 2.28. The van der Waals surface area contributed by atoms with Gasteiger partial charge in [-0.2, -0.15) is 0 Å². The number of ketones is 1. The predicted octanol–water partition coefficient (Wildman–Crippen LogP) is 1.79. The van der Waals surface area contributed by atoms with Crippen LogP contribution >= 0.6 is 0 Å². The number of rotatable bonds is 2. The Morgan fingerprint density at radius 3 is 2.47 bits per heavy atom. The largest absolute Gasteiger partial charge is 0.302 e. The summed E-state index contributed by atoms with van der Waals surface area (Å²) in [7, 11) is 0. The van der Waals surface area contributed by atoms with Crippen molar-refractivity contribution in [3.8, 4) is 0 Å². The maximum Gasteiger partial charge on any atom is 0.302 e. The number of hydrogen-bond acceptors (Lipinski definition) is 6. The van der Waals surface area contributed by atoms with Gasteiger partial charge in [0.05, 0.1) is 21.5 Å². The van der Waals surface area contributed by atoms with E-state index >= 15 is 0 Å². The van der Waals surface area contributed by atoms with E-state index in [1.165, 1.54) is 6.21 Å². The second kappa shape index (κ2) is 3.74. The normalized spacial score (nSPS) is 13.3. The molecule has 1 aliphatic heterocycles. The monoisotopic (exact) mass is 235 g/mol. The molecule has 17 heavy (non-hydrogen) atoms. The molecule has 1 aromatic carbocycles. The van der Waals surface area contributed by atoms with Crippen LogP contribution in [0.25, 0.3) is 0 Å². The molecule has 2 rings (SSSR count). The van der Waals surface area contributed by atoms with Crippen molar-refractivity contribution < 1.29 is 14.6 Å². The van der Waals surface area contributed by atoms with E-state index in [1.54, 1.807) is 0 Å². The van der Waals surface area contributed by atoms with Gasteiger partial charge in [0.1, 0.15) is 0 Å². The van der Waals surface area contributed by atoms with Gasteiger partial charge >= 0.3 is 5.69 Å². The third-order valence-electron chi connectivity index (χ3n) is 2.28. The molecule has 0 radical (unpaired) electrons. The molecule has 0 N–H and O–H groups in total. The molecule has 0 atom stereocenters. The lowest BCUT2D eigenvalue weighted by Crippen LogP contribution is -2.07. The predicted molar refractivity (Wildman–Crippen MR) is 56.9 cm³/mol. The van der Waals surface area contributed by atoms with Crippen LogP contribution in [0.2, 0.25) is 0 Å². The number of carbonyl (C=O) groups is 1. The molecule has 0 aliphatic carbocycles. The summed E-state index contributed by atoms with van der Waals surface area (Å²) in [5.74, 6) is -0.415. The molecule has 8 heteroatoms. The number of nitro groups is 2. The third-order valence-corrected chi connectivity index (χ3v) is 2.28. The van der Waals surface area contributed by atoms with Crippen LogP contribution in [0.1, 0.15) is 16.8 Å². The van der Waals surface area contributed by atoms with Crippen molar-refractivity contribution in [3.05, 3.63) is 37.9 Å². The van der Waals surface area contributed by atoms with E-state index in [4.69, 9.17) is 0 Å². The van der Waals surface area contributed by atoms with Gasteiger partial charge in [-0.15, -0.1) is 0 Å². The Kier molecular flexibility index (Phi) is 2.39. The first-order valence-electron chi connectivity index (χ1n) is 4.53. The van der Waals surface area contributed by atoms with Crippen molar-refractivity contribution >= 4 is 29.1 Å². The fourth-order valence-corrected chi connectivity index (χ4v) is 1.53. The average molecular weight is 235 g/mol. The minimum Gasteiger partial charge on any atom is -0.294 e. The molecule has 0 bridgehead atoms. The molecule has 0 fully saturated rings. The standard InChI is InChI=1S/C9H5N3O5/c13-8-1-2-10-9-6(8)3-5(11(14)15)4-7(9)12(16)17/h2-4H,1H2. The summed E-state index contributed by atoms with van der Waals surface area (Å²) in [4.78, 5) is 35.0. The highest BCUT2D eigenvalue weighted by atomic mass is 16.6. The summed E-state index contributed by atoms with van der Waals surface area (Å²) >= 11 is 0. The average Bonchev–Trinajstić information content (AvgIpc) is 2.28. The van der Waals surface area contributed by atoms with Gasteiger partial charge in [-0.1, -0.05) is 0 Å². The Morgan fingerprint density at radius 2 is 1.88 bits per heavy atom. The van der Waals surface area contributed by atoms with Gasteiger partial charge in [0, 0.05) is 18.7 Å². The number of benzene rings is 1. The quantitative estimate of drug-likeness (QED) is 0.572. The number of nitrogens with zero attached hydrogens (tertiary/aromatic N) is 3. The molecule has 0 spiro atoms. The van der Waals surface area contributed by atoms with Crippen molar-refractivity contribution in [2.24, 2.45) is 4.99 Å². The molecular weight excluding hydrogens is 230 g/mol. The lowest BCUT2D eigenvalue weighted by atomic mass is 10.0. The number of non-ortho nitro benzene ring substituents is 1. The summed E-state index contributed by atoms with van der Waals surface area (Å²) in [6, 6.07) is 1.82. The van der Waals surface area contributed by atoms with Crippen LogP contribution in [0.15, 0.2) is 17.1 Å². The van der Waals surface area contributed by atoms with Crippen LogP contribution in [0.4, 0.5) is 17.1 Å². The van der Waals surface area contributed by atoms with Crippen LogP contribution < -0.4 is 0 Å². The lowest BCUT2D eigenvalue weighted by Gasteiger charge is -2.08. The van der Waals surface area contributed by atoms with Crippen LogP contribution in [0, 0.1) is 20.2 Å². The fraction of sp³-hybridized carbons (Fsp3) is 0.111. The molecule has 0 unspecified atom stereocenters. The van der Waals surface area contributed by atoms with Crippen molar-refractivity contribution in [1.82, 2.24) is 0 Å². The topological polar surface area (TPSA) is 116 Å². The fourth-order valence-electron chi connectivity index (χ4n) is 1.53. The first-order valence-corrected chi connectivity index (χ1v) is 4.53. The van der Waals surface area contributed by atoms with Gasteiger partial charge in [-0.3, -0.25) is 30.0 Å². The van der Waals surface area contributed by atoms with Crippen molar-refractivity contribution in [2.45, 2.75) is 6.42 Å². The SMILES string of the molecule is O=C1CC=Nc2c1cc([N+](=O)[O-])cc2[N+](=O)[O-]. The Balaban J connectivity index is 2.76. The van der Waals surface area contributed by atoms with E-state index in [9.17, 15) is 25.0 Å². The summed E-state index contributed by atoms with van der Waals surface area (Å²) in [5.41, 5.74) is -1.20. The van der Waals surface area contributed by atoms with E-state index in [2.05, 4.69) is 4.99 Å². The first kappa shape index (κ1) is 10.9. The molecule has 0 saturated carbocycles. The maximum absolute atomic E-state index is 11.5. The number of fused-ring (bicyclic) bond motifs is 1. The molecular formula is C9H5N3O5. The van der Waals surface area contributed by atoms with Crippen LogP contribution in [-0.2, 0) is 0 Å². The Bertz CT molecular complexity index is 578. The molecule has 0 saturated heterocycles. The molecule has 1 heterocycles. The first-order chi connectivity index (χ1) is 8.00. The molecule has 86 valence electrons. The molecule has 8 nitrogen and oxygen atoms in total. The molecule has 0 amide bonds. The van der Waals surface area contributed by atoms with E-state index in [1.807, 2.05) is 0 Å². The van der Waals surface area contributed by atoms with Gasteiger partial charge in [-0.05, 0) is 0 Å². The number of aliphatic imine (C=N–C) groups is 1. The number of nitro benzene ring substituents is 2. The van der Waals surface area contributed by atoms with E-state index < -0.39 is 27.0 Å². The Labute approximate surface area is 93.9 Å². The summed E-state index contributed by atoms with van der Waals surface area (Å²) in [6.07, 6.45) is 1.24. The summed E-state index contributed by atoms with van der Waals surface area (Å²) < 4.78 is 0. The van der Waals surface area contributed by atoms with Crippen LogP contribution in [0.3, 0.4) is 0 Å². The summed E-state index contributed by atoms with van der Waals surface area (Å²) in [5, 5.41) is 21.4. The van der Waals surface area contributed by atoms with Crippen molar-refractivity contribution in [3.63, 3.8) is 0 Å².